The Morgan fingerprint density at radius 2 is 1.88 bits per heavy atom. The fourth-order valence-electron chi connectivity index (χ4n) is 3.11. The van der Waals surface area contributed by atoms with Crippen molar-refractivity contribution in [1.29, 1.82) is 0 Å². The van der Waals surface area contributed by atoms with Gasteiger partial charge in [0.05, 0.1) is 5.60 Å². The van der Waals surface area contributed by atoms with Crippen molar-refractivity contribution >= 4 is 0 Å². The summed E-state index contributed by atoms with van der Waals surface area (Å²) >= 11 is 0. The zero-order valence-corrected chi connectivity index (χ0v) is 12.0. The second kappa shape index (κ2) is 6.72. The summed E-state index contributed by atoms with van der Waals surface area (Å²) in [6, 6.07) is 0.654. The Morgan fingerprint density at radius 3 is 2.47 bits per heavy atom. The van der Waals surface area contributed by atoms with Gasteiger partial charge in [-0.3, -0.25) is 0 Å². The number of aliphatic hydroxyl groups is 1. The molecule has 0 radical (unpaired) electrons. The molecule has 1 rings (SSSR count). The highest BCUT2D eigenvalue weighted by Gasteiger charge is 2.25. The standard InChI is InChI=1S/C14H30N2O/c1-14(2,17)11-16(4)10-12-8-6-5-7-9-13(12)15-3/h12-13,15,17H,5-11H2,1-4H3. The highest BCUT2D eigenvalue weighted by Crippen LogP contribution is 2.24. The van der Waals surface area contributed by atoms with Crippen LogP contribution in [-0.4, -0.2) is 48.8 Å². The number of hydrogen-bond acceptors (Lipinski definition) is 3. The number of nitrogens with zero attached hydrogens (tertiary/aromatic N) is 1. The molecule has 102 valence electrons. The van der Waals surface area contributed by atoms with Crippen molar-refractivity contribution < 1.29 is 5.11 Å². The van der Waals surface area contributed by atoms with Gasteiger partial charge in [0.15, 0.2) is 0 Å². The van der Waals surface area contributed by atoms with Crippen molar-refractivity contribution in [1.82, 2.24) is 10.2 Å². The first-order chi connectivity index (χ1) is 7.92. The average molecular weight is 242 g/mol. The Bertz CT molecular complexity index is 213. The summed E-state index contributed by atoms with van der Waals surface area (Å²) in [5.41, 5.74) is -0.589. The van der Waals surface area contributed by atoms with Crippen LogP contribution in [0.2, 0.25) is 0 Å². The third-order valence-electron chi connectivity index (χ3n) is 3.73. The SMILES string of the molecule is CNC1CCCCCC1CN(C)CC(C)(C)O. The van der Waals surface area contributed by atoms with E-state index in [-0.39, 0.29) is 0 Å². The number of hydrogen-bond donors (Lipinski definition) is 2. The van der Waals surface area contributed by atoms with Crippen LogP contribution in [0.15, 0.2) is 0 Å². The van der Waals surface area contributed by atoms with Gasteiger partial charge in [-0.15, -0.1) is 0 Å². The van der Waals surface area contributed by atoms with Crippen molar-refractivity contribution in [3.8, 4) is 0 Å². The monoisotopic (exact) mass is 242 g/mol. The molecule has 2 N–H and O–H groups in total. The van der Waals surface area contributed by atoms with Gasteiger partial charge >= 0.3 is 0 Å². The topological polar surface area (TPSA) is 35.5 Å². The van der Waals surface area contributed by atoms with Crippen LogP contribution in [0.1, 0.15) is 46.0 Å². The van der Waals surface area contributed by atoms with E-state index in [1.165, 1.54) is 32.1 Å². The van der Waals surface area contributed by atoms with Gasteiger partial charge in [-0.1, -0.05) is 19.3 Å². The van der Waals surface area contributed by atoms with E-state index in [2.05, 4.69) is 24.3 Å². The van der Waals surface area contributed by atoms with Gasteiger partial charge in [-0.25, -0.2) is 0 Å². The minimum absolute atomic E-state index is 0.589. The minimum Gasteiger partial charge on any atom is -0.389 e. The number of rotatable bonds is 5. The van der Waals surface area contributed by atoms with Crippen molar-refractivity contribution in [2.75, 3.05) is 27.2 Å². The Hall–Kier alpha value is -0.120. The lowest BCUT2D eigenvalue weighted by Crippen LogP contribution is -2.43. The second-order valence-electron chi connectivity index (χ2n) is 6.30. The lowest BCUT2D eigenvalue weighted by molar-refractivity contribution is 0.0379. The van der Waals surface area contributed by atoms with Crippen molar-refractivity contribution in [2.24, 2.45) is 5.92 Å². The molecule has 0 bridgehead atoms. The summed E-state index contributed by atoms with van der Waals surface area (Å²) in [5, 5.41) is 13.3. The average Bonchev–Trinajstić information content (AvgIpc) is 2.39. The molecule has 0 aromatic heterocycles. The van der Waals surface area contributed by atoms with Crippen LogP contribution >= 0.6 is 0 Å². The molecule has 3 heteroatoms. The summed E-state index contributed by atoms with van der Waals surface area (Å²) < 4.78 is 0. The summed E-state index contributed by atoms with van der Waals surface area (Å²) in [4.78, 5) is 2.28. The zero-order chi connectivity index (χ0) is 12.9. The number of likely N-dealkylation sites (N-methyl/N-ethyl adjacent to an activating group) is 1. The highest BCUT2D eigenvalue weighted by molar-refractivity contribution is 4.81. The molecular formula is C14H30N2O. The first-order valence-electron chi connectivity index (χ1n) is 7.00. The van der Waals surface area contributed by atoms with E-state index in [0.717, 1.165) is 19.0 Å². The Kier molecular flexibility index (Phi) is 5.90. The maximum absolute atomic E-state index is 9.84. The molecular weight excluding hydrogens is 212 g/mol. The molecule has 0 aromatic rings. The predicted octanol–water partition coefficient (Wildman–Crippen LogP) is 1.86. The lowest BCUT2D eigenvalue weighted by Gasteiger charge is -2.32. The number of nitrogens with one attached hydrogen (secondary N) is 1. The Balaban J connectivity index is 2.46. The van der Waals surface area contributed by atoms with Gasteiger partial charge in [0, 0.05) is 19.1 Å². The third kappa shape index (κ3) is 5.84. The van der Waals surface area contributed by atoms with Crippen LogP contribution in [-0.2, 0) is 0 Å². The molecule has 3 nitrogen and oxygen atoms in total. The van der Waals surface area contributed by atoms with Crippen LogP contribution in [0.4, 0.5) is 0 Å². The molecule has 0 spiro atoms. The van der Waals surface area contributed by atoms with E-state index in [1.807, 2.05) is 13.8 Å². The van der Waals surface area contributed by atoms with Gasteiger partial charge in [-0.05, 0) is 46.7 Å². The van der Waals surface area contributed by atoms with Gasteiger partial charge in [0.1, 0.15) is 0 Å². The minimum atomic E-state index is -0.589. The smallest absolute Gasteiger partial charge is 0.0718 e. The van der Waals surface area contributed by atoms with Crippen LogP contribution in [0.25, 0.3) is 0 Å². The van der Waals surface area contributed by atoms with Gasteiger partial charge in [0.25, 0.3) is 0 Å². The van der Waals surface area contributed by atoms with E-state index in [0.29, 0.717) is 6.04 Å². The fraction of sp³-hybridized carbons (Fsp3) is 1.00. The summed E-state index contributed by atoms with van der Waals surface area (Å²) in [7, 11) is 4.20. The molecule has 1 aliphatic carbocycles. The Labute approximate surface area is 107 Å². The largest absolute Gasteiger partial charge is 0.389 e. The normalized spacial score (nSPS) is 27.2. The molecule has 0 amide bonds. The Morgan fingerprint density at radius 1 is 1.24 bits per heavy atom. The van der Waals surface area contributed by atoms with Crippen LogP contribution in [0.5, 0.6) is 0 Å². The highest BCUT2D eigenvalue weighted by atomic mass is 16.3. The van der Waals surface area contributed by atoms with E-state index in [1.54, 1.807) is 0 Å². The van der Waals surface area contributed by atoms with E-state index in [4.69, 9.17) is 0 Å². The van der Waals surface area contributed by atoms with Crippen LogP contribution < -0.4 is 5.32 Å². The molecule has 2 unspecified atom stereocenters. The first kappa shape index (κ1) is 14.9. The van der Waals surface area contributed by atoms with Gasteiger partial charge in [-0.2, -0.15) is 0 Å². The summed E-state index contributed by atoms with van der Waals surface area (Å²) in [6.45, 7) is 5.60. The summed E-state index contributed by atoms with van der Waals surface area (Å²) in [5.74, 6) is 0.731. The van der Waals surface area contributed by atoms with Crippen LogP contribution in [0, 0.1) is 5.92 Å². The van der Waals surface area contributed by atoms with Crippen molar-refractivity contribution in [2.45, 2.75) is 57.6 Å². The molecule has 0 aromatic carbocycles. The second-order valence-corrected chi connectivity index (χ2v) is 6.30. The molecule has 2 atom stereocenters. The maximum Gasteiger partial charge on any atom is 0.0718 e. The molecule has 1 saturated carbocycles. The van der Waals surface area contributed by atoms with Gasteiger partial charge in [0.2, 0.25) is 0 Å². The zero-order valence-electron chi connectivity index (χ0n) is 12.0. The van der Waals surface area contributed by atoms with Crippen molar-refractivity contribution in [3.63, 3.8) is 0 Å². The van der Waals surface area contributed by atoms with E-state index in [9.17, 15) is 5.11 Å². The molecule has 0 heterocycles. The van der Waals surface area contributed by atoms with Crippen molar-refractivity contribution in [3.05, 3.63) is 0 Å². The van der Waals surface area contributed by atoms with Crippen LogP contribution in [0.3, 0.4) is 0 Å². The van der Waals surface area contributed by atoms with Gasteiger partial charge < -0.3 is 15.3 Å². The lowest BCUT2D eigenvalue weighted by atomic mass is 9.94. The molecule has 17 heavy (non-hydrogen) atoms. The molecule has 0 saturated heterocycles. The fourth-order valence-corrected chi connectivity index (χ4v) is 3.11. The summed E-state index contributed by atoms with van der Waals surface area (Å²) in [6.07, 6.45) is 6.72. The first-order valence-corrected chi connectivity index (χ1v) is 7.00. The third-order valence-corrected chi connectivity index (χ3v) is 3.73. The van der Waals surface area contributed by atoms with E-state index < -0.39 is 5.60 Å². The predicted molar refractivity (Wildman–Crippen MR) is 73.2 cm³/mol. The molecule has 0 aliphatic heterocycles. The quantitative estimate of drug-likeness (QED) is 0.722. The molecule has 1 aliphatic rings. The maximum atomic E-state index is 9.84. The van der Waals surface area contributed by atoms with E-state index >= 15 is 0 Å². The molecule has 1 fully saturated rings.